The molecule has 8 nitrogen and oxygen atoms in total. The topological polar surface area (TPSA) is 81.2 Å². The van der Waals surface area contributed by atoms with Crippen LogP contribution in [0.5, 0.6) is 0 Å². The van der Waals surface area contributed by atoms with Crippen LogP contribution in [0.25, 0.3) is 0 Å². The van der Waals surface area contributed by atoms with E-state index in [-0.39, 0.29) is 31.5 Å². The number of amides is 4. The van der Waals surface area contributed by atoms with E-state index in [4.69, 9.17) is 69.6 Å². The highest BCUT2D eigenvalue weighted by Crippen LogP contribution is 2.60. The van der Waals surface area contributed by atoms with Crippen molar-refractivity contribution in [3.63, 3.8) is 0 Å². The lowest BCUT2D eigenvalue weighted by Crippen LogP contribution is -2.50. The molecule has 0 saturated carbocycles. The molecule has 14 heteroatoms. The number of fused-ring (bicyclic) bond motifs is 5. The lowest BCUT2D eigenvalue weighted by Gasteiger charge is -2.36. The van der Waals surface area contributed by atoms with Gasteiger partial charge in [0.1, 0.15) is 12.1 Å². The Hall–Kier alpha value is -3.18. The third kappa shape index (κ3) is 4.51. The normalized spacial score (nSPS) is 26.9. The number of anilines is 2. The quantitative estimate of drug-likeness (QED) is 0.196. The summed E-state index contributed by atoms with van der Waals surface area (Å²) < 4.78 is 0. The molecule has 4 aromatic carbocycles. The summed E-state index contributed by atoms with van der Waals surface area (Å²) in [6.07, 6.45) is 0. The van der Waals surface area contributed by atoms with Gasteiger partial charge < -0.3 is 0 Å². The van der Waals surface area contributed by atoms with Gasteiger partial charge in [-0.3, -0.25) is 19.2 Å². The van der Waals surface area contributed by atoms with Crippen molar-refractivity contribution in [3.8, 4) is 0 Å². The van der Waals surface area contributed by atoms with Gasteiger partial charge in [-0.1, -0.05) is 106 Å². The number of hydrogen-bond donors (Lipinski definition) is 0. The summed E-state index contributed by atoms with van der Waals surface area (Å²) >= 11 is 38.7. The van der Waals surface area contributed by atoms with E-state index in [1.807, 2.05) is 0 Å². The molecule has 4 fully saturated rings. The molecule has 4 aliphatic heterocycles. The largest absolute Gasteiger partial charge is 0.274 e. The van der Waals surface area contributed by atoms with Crippen molar-refractivity contribution in [1.29, 1.82) is 0 Å². The van der Waals surface area contributed by atoms with Crippen molar-refractivity contribution in [2.24, 2.45) is 11.8 Å². The number of carbonyl (C=O) groups excluding carboxylic acids is 4. The molecule has 242 valence electrons. The van der Waals surface area contributed by atoms with Gasteiger partial charge in [0.05, 0.1) is 55.4 Å². The maximum atomic E-state index is 14.6. The van der Waals surface area contributed by atoms with Crippen molar-refractivity contribution < 1.29 is 19.2 Å². The van der Waals surface area contributed by atoms with Crippen LogP contribution in [0.4, 0.5) is 11.4 Å². The first kappa shape index (κ1) is 32.0. The second-order valence-corrected chi connectivity index (χ2v) is 14.4. The van der Waals surface area contributed by atoms with Crippen LogP contribution in [-0.2, 0) is 19.2 Å². The molecular formula is C34H20Cl6N4O4. The summed E-state index contributed by atoms with van der Waals surface area (Å²) in [5.74, 6) is -4.34. The Kier molecular flexibility index (Phi) is 7.82. The standard InChI is InChI=1S/C34H20Cl6N4O4/c35-17-11-7-15(8-12-17)25-23-29(33(47)41(31(23)45)27-19(37)3-1-4-20(27)38)43-26(16-9-13-18(36)14-10-16)24-30(44(25)43)34(48)42(32(24)46)28-21(39)5-2-6-22(28)40/h1-14,23-26,29-30H. The first-order valence-electron chi connectivity index (χ1n) is 14.7. The molecule has 0 spiro atoms. The fraction of sp³-hybridized carbons (Fsp3) is 0.176. The number of carbonyl (C=O) groups is 4. The van der Waals surface area contributed by atoms with Gasteiger partial charge in [0.25, 0.3) is 11.8 Å². The number of imide groups is 2. The number of halogens is 6. The first-order valence-corrected chi connectivity index (χ1v) is 17.0. The van der Waals surface area contributed by atoms with Gasteiger partial charge in [-0.15, -0.1) is 0 Å². The molecule has 0 aromatic heterocycles. The molecule has 0 bridgehead atoms. The van der Waals surface area contributed by atoms with Gasteiger partial charge in [-0.2, -0.15) is 0 Å². The van der Waals surface area contributed by atoms with Crippen LogP contribution < -0.4 is 9.80 Å². The van der Waals surface area contributed by atoms with Crippen molar-refractivity contribution in [3.05, 3.63) is 126 Å². The molecule has 0 aliphatic carbocycles. The lowest BCUT2D eigenvalue weighted by molar-refractivity contribution is -0.136. The van der Waals surface area contributed by atoms with Crippen LogP contribution in [0.3, 0.4) is 0 Å². The smallest absolute Gasteiger partial charge is 0.253 e. The third-order valence-electron chi connectivity index (χ3n) is 9.47. The monoisotopic (exact) mass is 758 g/mol. The second kappa shape index (κ2) is 11.7. The van der Waals surface area contributed by atoms with Crippen LogP contribution >= 0.6 is 69.6 Å². The molecule has 8 rings (SSSR count). The minimum absolute atomic E-state index is 0.0702. The summed E-state index contributed by atoms with van der Waals surface area (Å²) in [4.78, 5) is 60.5. The van der Waals surface area contributed by atoms with Crippen molar-refractivity contribution in [2.45, 2.75) is 24.2 Å². The maximum absolute atomic E-state index is 14.6. The van der Waals surface area contributed by atoms with E-state index in [2.05, 4.69) is 0 Å². The van der Waals surface area contributed by atoms with Crippen molar-refractivity contribution in [2.75, 3.05) is 9.80 Å². The van der Waals surface area contributed by atoms with E-state index in [0.29, 0.717) is 21.2 Å². The SMILES string of the molecule is O=C1C2C(C(=O)N1c1c(Cl)cccc1Cl)N1C(c3ccc(Cl)cc3)C3C(=O)N(c4c(Cl)cccc4Cl)C(=O)C3N1C2c1ccc(Cl)cc1. The fourth-order valence-electron chi connectivity index (χ4n) is 7.66. The van der Waals surface area contributed by atoms with Gasteiger partial charge in [0.2, 0.25) is 11.8 Å². The summed E-state index contributed by atoms with van der Waals surface area (Å²) in [5.41, 5.74) is 1.35. The average Bonchev–Trinajstić information content (AvgIpc) is 3.71. The van der Waals surface area contributed by atoms with Gasteiger partial charge in [-0.05, 0) is 59.7 Å². The van der Waals surface area contributed by atoms with E-state index in [0.717, 1.165) is 9.80 Å². The Bertz CT molecular complexity index is 1870. The molecule has 0 N–H and O–H groups in total. The maximum Gasteiger partial charge on any atom is 0.253 e. The molecule has 4 saturated heterocycles. The lowest BCUT2D eigenvalue weighted by atomic mass is 9.84. The van der Waals surface area contributed by atoms with Crippen LogP contribution in [0.15, 0.2) is 84.9 Å². The first-order chi connectivity index (χ1) is 23.0. The zero-order valence-corrected chi connectivity index (χ0v) is 28.8. The second-order valence-electron chi connectivity index (χ2n) is 11.9. The van der Waals surface area contributed by atoms with E-state index >= 15 is 0 Å². The van der Waals surface area contributed by atoms with Crippen LogP contribution in [-0.4, -0.2) is 45.7 Å². The Morgan fingerprint density at radius 1 is 0.396 bits per heavy atom. The molecule has 4 amide bonds. The fourth-order valence-corrected chi connectivity index (χ4v) is 9.05. The number of hydrazine groups is 1. The van der Waals surface area contributed by atoms with Crippen molar-refractivity contribution in [1.82, 2.24) is 10.0 Å². The number of hydrogen-bond acceptors (Lipinski definition) is 6. The molecule has 4 heterocycles. The molecule has 4 aromatic rings. The van der Waals surface area contributed by atoms with Crippen LogP contribution in [0, 0.1) is 11.8 Å². The van der Waals surface area contributed by atoms with E-state index in [1.54, 1.807) is 94.9 Å². The predicted molar refractivity (Wildman–Crippen MR) is 185 cm³/mol. The Morgan fingerprint density at radius 2 is 0.708 bits per heavy atom. The highest BCUT2D eigenvalue weighted by atomic mass is 35.5. The number of rotatable bonds is 4. The summed E-state index contributed by atoms with van der Waals surface area (Å²) in [7, 11) is 0. The number of nitrogens with zero attached hydrogens (tertiary/aromatic N) is 4. The van der Waals surface area contributed by atoms with Gasteiger partial charge in [0, 0.05) is 10.0 Å². The van der Waals surface area contributed by atoms with Crippen molar-refractivity contribution >= 4 is 105 Å². The third-order valence-corrected chi connectivity index (χ3v) is 11.2. The van der Waals surface area contributed by atoms with Crippen LogP contribution in [0.1, 0.15) is 23.2 Å². The van der Waals surface area contributed by atoms with E-state index in [9.17, 15) is 19.2 Å². The minimum Gasteiger partial charge on any atom is -0.274 e. The summed E-state index contributed by atoms with van der Waals surface area (Å²) in [5, 5.41) is 4.82. The zero-order valence-electron chi connectivity index (χ0n) is 24.2. The number of benzene rings is 4. The molecular weight excluding hydrogens is 741 g/mol. The Morgan fingerprint density at radius 3 is 1.02 bits per heavy atom. The average molecular weight is 761 g/mol. The highest BCUT2D eigenvalue weighted by Gasteiger charge is 2.74. The van der Waals surface area contributed by atoms with Crippen LogP contribution in [0.2, 0.25) is 30.1 Å². The minimum atomic E-state index is -1.13. The van der Waals surface area contributed by atoms with Gasteiger partial charge >= 0.3 is 0 Å². The highest BCUT2D eigenvalue weighted by molar-refractivity contribution is 6.43. The summed E-state index contributed by atoms with van der Waals surface area (Å²) in [6.45, 7) is 0. The summed E-state index contributed by atoms with van der Waals surface area (Å²) in [6, 6.07) is 19.0. The Labute approximate surface area is 304 Å². The number of para-hydroxylation sites is 2. The van der Waals surface area contributed by atoms with E-state index < -0.39 is 59.6 Å². The molecule has 6 unspecified atom stereocenters. The Balaban J connectivity index is 1.35. The zero-order chi connectivity index (χ0) is 33.8. The molecule has 6 atom stereocenters. The van der Waals surface area contributed by atoms with Gasteiger partial charge in [0.15, 0.2) is 0 Å². The van der Waals surface area contributed by atoms with E-state index in [1.165, 1.54) is 0 Å². The predicted octanol–water partition coefficient (Wildman–Crippen LogP) is 8.05. The molecule has 0 radical (unpaired) electrons. The molecule has 4 aliphatic rings. The molecule has 48 heavy (non-hydrogen) atoms. The van der Waals surface area contributed by atoms with Gasteiger partial charge in [-0.25, -0.2) is 19.8 Å².